The molecule has 0 aliphatic heterocycles. The van der Waals surface area contributed by atoms with Crippen molar-refractivity contribution in [3.8, 4) is 34.0 Å². The second kappa shape index (κ2) is 9.49. The Morgan fingerprint density at radius 1 is 1.05 bits per heavy atom. The molecule has 0 bridgehead atoms. The molecular weight excluding hydrogens is 476 g/mol. The molecule has 2 aromatic heterocycles. The number of nitrogens with one attached hydrogen (secondary N) is 1. The topological polar surface area (TPSA) is 89.0 Å². The average Bonchev–Trinajstić information content (AvgIpc) is 3.48. The Labute approximate surface area is 212 Å². The molecular formula is C28H27F2N5O2. The van der Waals surface area contributed by atoms with Gasteiger partial charge in [0.2, 0.25) is 5.89 Å². The monoisotopic (exact) mass is 503 g/mol. The van der Waals surface area contributed by atoms with Gasteiger partial charge in [0.05, 0.1) is 5.60 Å². The predicted molar refractivity (Wildman–Crippen MR) is 138 cm³/mol. The first-order valence-electron chi connectivity index (χ1n) is 11.9. The Morgan fingerprint density at radius 2 is 1.84 bits per heavy atom. The zero-order valence-electron chi connectivity index (χ0n) is 21.0. The van der Waals surface area contributed by atoms with Crippen LogP contribution in [0.15, 0.2) is 59.3 Å². The normalized spacial score (nSPS) is 12.0. The predicted octanol–water partition coefficient (Wildman–Crippen LogP) is 5.40. The van der Waals surface area contributed by atoms with Crippen LogP contribution in [0.25, 0.3) is 45.1 Å². The maximum Gasteiger partial charge on any atom is 0.227 e. The van der Waals surface area contributed by atoms with Gasteiger partial charge in [0.1, 0.15) is 23.5 Å². The summed E-state index contributed by atoms with van der Waals surface area (Å²) in [5, 5.41) is 21.1. The van der Waals surface area contributed by atoms with E-state index in [9.17, 15) is 9.50 Å². The maximum atomic E-state index is 15.1. The van der Waals surface area contributed by atoms with Gasteiger partial charge >= 0.3 is 0 Å². The molecule has 0 saturated carbocycles. The largest absolute Gasteiger partial charge is 0.436 e. The molecule has 2 heterocycles. The van der Waals surface area contributed by atoms with E-state index in [1.807, 2.05) is 24.3 Å². The number of nitrogens with zero attached hydrogens (tertiary/aromatic N) is 4. The summed E-state index contributed by atoms with van der Waals surface area (Å²) >= 11 is 0. The number of fused-ring (bicyclic) bond motifs is 1. The number of aryl methyl sites for hydroxylation is 2. The number of aliphatic hydroxyl groups is 1. The van der Waals surface area contributed by atoms with Gasteiger partial charge in [-0.3, -0.25) is 0 Å². The number of rotatable bonds is 7. The van der Waals surface area contributed by atoms with Crippen molar-refractivity contribution in [3.63, 3.8) is 0 Å². The zero-order valence-corrected chi connectivity index (χ0v) is 21.0. The second-order valence-corrected chi connectivity index (χ2v) is 9.79. The number of hydrogen-bond acceptors (Lipinski definition) is 6. The molecule has 0 saturated heterocycles. The average molecular weight is 504 g/mol. The first-order chi connectivity index (χ1) is 17.6. The molecule has 0 fully saturated rings. The molecule has 5 rings (SSSR count). The number of hydrogen-bond donors (Lipinski definition) is 2. The van der Waals surface area contributed by atoms with Crippen molar-refractivity contribution in [2.45, 2.75) is 32.9 Å². The third-order valence-corrected chi connectivity index (χ3v) is 6.14. The summed E-state index contributed by atoms with van der Waals surface area (Å²) in [5.41, 5.74) is 3.73. The summed E-state index contributed by atoms with van der Waals surface area (Å²) in [5.74, 6) is 0.149. The van der Waals surface area contributed by atoms with Crippen molar-refractivity contribution >= 4 is 11.1 Å². The minimum atomic E-state index is -0.904. The van der Waals surface area contributed by atoms with E-state index >= 15 is 4.39 Å². The van der Waals surface area contributed by atoms with Crippen molar-refractivity contribution in [1.29, 1.82) is 0 Å². The molecule has 2 N–H and O–H groups in total. The van der Waals surface area contributed by atoms with E-state index in [0.29, 0.717) is 51.6 Å². The summed E-state index contributed by atoms with van der Waals surface area (Å²) in [6, 6.07) is 13.7. The minimum absolute atomic E-state index is 0.250. The quantitative estimate of drug-likeness (QED) is 0.309. The Balaban J connectivity index is 1.53. The van der Waals surface area contributed by atoms with Gasteiger partial charge in [-0.15, -0.1) is 10.2 Å². The van der Waals surface area contributed by atoms with Crippen LogP contribution >= 0.6 is 0 Å². The third kappa shape index (κ3) is 5.00. The lowest BCUT2D eigenvalue weighted by molar-refractivity contribution is 0.0794. The summed E-state index contributed by atoms with van der Waals surface area (Å²) < 4.78 is 37.0. The summed E-state index contributed by atoms with van der Waals surface area (Å²) in [6.07, 6.45) is 1.56. The lowest BCUT2D eigenvalue weighted by atomic mass is 9.97. The van der Waals surface area contributed by atoms with Crippen molar-refractivity contribution < 1.29 is 18.3 Å². The Bertz CT molecular complexity index is 1600. The minimum Gasteiger partial charge on any atom is -0.436 e. The Morgan fingerprint density at radius 3 is 2.57 bits per heavy atom. The van der Waals surface area contributed by atoms with Gasteiger partial charge in [0.15, 0.2) is 11.4 Å². The molecule has 7 nitrogen and oxygen atoms in total. The summed E-state index contributed by atoms with van der Waals surface area (Å²) in [7, 11) is 1.80. The van der Waals surface area contributed by atoms with Crippen molar-refractivity contribution in [2.75, 3.05) is 6.54 Å². The number of oxazole rings is 1. The molecule has 9 heteroatoms. The first-order valence-corrected chi connectivity index (χ1v) is 11.9. The Kier molecular flexibility index (Phi) is 6.35. The molecule has 37 heavy (non-hydrogen) atoms. The van der Waals surface area contributed by atoms with Gasteiger partial charge in [-0.25, -0.2) is 13.8 Å². The third-order valence-electron chi connectivity index (χ3n) is 6.14. The van der Waals surface area contributed by atoms with Gasteiger partial charge < -0.3 is 19.4 Å². The fourth-order valence-electron chi connectivity index (χ4n) is 4.32. The van der Waals surface area contributed by atoms with Gasteiger partial charge in [0, 0.05) is 42.4 Å². The Hall–Kier alpha value is -3.95. The molecule has 0 aliphatic carbocycles. The van der Waals surface area contributed by atoms with E-state index in [1.54, 1.807) is 50.8 Å². The molecule has 5 aromatic rings. The van der Waals surface area contributed by atoms with E-state index < -0.39 is 5.60 Å². The molecule has 0 atom stereocenters. The molecule has 3 aromatic carbocycles. The molecule has 0 spiro atoms. The van der Waals surface area contributed by atoms with E-state index in [0.717, 1.165) is 11.1 Å². The van der Waals surface area contributed by atoms with Crippen LogP contribution in [0.3, 0.4) is 0 Å². The van der Waals surface area contributed by atoms with Crippen LogP contribution < -0.4 is 5.32 Å². The van der Waals surface area contributed by atoms with Crippen LogP contribution in [0.1, 0.15) is 25.0 Å². The highest BCUT2D eigenvalue weighted by molar-refractivity contribution is 5.84. The second-order valence-electron chi connectivity index (χ2n) is 9.79. The van der Waals surface area contributed by atoms with Gasteiger partial charge in [0.25, 0.3) is 0 Å². The fourth-order valence-corrected chi connectivity index (χ4v) is 4.32. The highest BCUT2D eigenvalue weighted by Gasteiger charge is 2.19. The standard InChI is InChI=1S/C28H27F2N5O2/c1-16-24(30)19(13-31-14-28(2,3)36)11-23-25(16)37-27(33-23)18-7-5-6-17(10-18)21-9-8-20(29)12-22(21)26-34-32-15-35(26)4/h5-12,15,31,36H,13-14H2,1-4H3. The number of aromatic nitrogens is 4. The van der Waals surface area contributed by atoms with Crippen LogP contribution in [0.4, 0.5) is 8.78 Å². The number of halogens is 2. The summed E-state index contributed by atoms with van der Waals surface area (Å²) in [6.45, 7) is 5.60. The van der Waals surface area contributed by atoms with E-state index in [-0.39, 0.29) is 18.2 Å². The lowest BCUT2D eigenvalue weighted by Gasteiger charge is -2.18. The van der Waals surface area contributed by atoms with Crippen molar-refractivity contribution in [1.82, 2.24) is 25.1 Å². The van der Waals surface area contributed by atoms with Gasteiger partial charge in [-0.1, -0.05) is 18.2 Å². The lowest BCUT2D eigenvalue weighted by Crippen LogP contribution is -2.34. The van der Waals surface area contributed by atoms with Crippen LogP contribution in [0.5, 0.6) is 0 Å². The summed E-state index contributed by atoms with van der Waals surface area (Å²) in [4.78, 5) is 4.64. The van der Waals surface area contributed by atoms with Crippen LogP contribution in [0.2, 0.25) is 0 Å². The van der Waals surface area contributed by atoms with Crippen molar-refractivity contribution in [3.05, 3.63) is 77.6 Å². The smallest absolute Gasteiger partial charge is 0.227 e. The molecule has 0 aliphatic rings. The zero-order chi connectivity index (χ0) is 26.3. The highest BCUT2D eigenvalue weighted by Crippen LogP contribution is 2.35. The van der Waals surface area contributed by atoms with E-state index in [2.05, 4.69) is 20.5 Å². The van der Waals surface area contributed by atoms with Crippen LogP contribution in [0, 0.1) is 18.6 Å². The van der Waals surface area contributed by atoms with E-state index in [1.165, 1.54) is 12.1 Å². The first kappa shape index (κ1) is 24.7. The highest BCUT2D eigenvalue weighted by atomic mass is 19.1. The van der Waals surface area contributed by atoms with Crippen molar-refractivity contribution in [2.24, 2.45) is 7.05 Å². The molecule has 0 unspecified atom stereocenters. The van der Waals surface area contributed by atoms with Crippen LogP contribution in [-0.4, -0.2) is 37.0 Å². The van der Waals surface area contributed by atoms with Crippen LogP contribution in [-0.2, 0) is 13.6 Å². The van der Waals surface area contributed by atoms with Gasteiger partial charge in [-0.2, -0.15) is 0 Å². The molecule has 0 amide bonds. The van der Waals surface area contributed by atoms with E-state index in [4.69, 9.17) is 4.42 Å². The molecule has 190 valence electrons. The van der Waals surface area contributed by atoms with Gasteiger partial charge in [-0.05, 0) is 62.2 Å². The number of benzene rings is 3. The SMILES string of the molecule is Cc1c(F)c(CNCC(C)(C)O)cc2nc(-c3cccc(-c4ccc(F)cc4-c4nncn4C)c3)oc12. The fraction of sp³-hybridized carbons (Fsp3) is 0.250. The molecule has 0 radical (unpaired) electrons. The maximum absolute atomic E-state index is 15.1.